The lowest BCUT2D eigenvalue weighted by Gasteiger charge is -2.19. The molecule has 8 heteroatoms. The third-order valence-electron chi connectivity index (χ3n) is 3.00. The molecular weight excluding hydrogens is 304 g/mol. The summed E-state index contributed by atoms with van der Waals surface area (Å²) in [6.45, 7) is 3.53. The summed E-state index contributed by atoms with van der Waals surface area (Å²) >= 11 is 0.384. The minimum Gasteiger partial charge on any atom is -0.480 e. The second-order valence-corrected chi connectivity index (χ2v) is 5.49. The molecule has 0 aliphatic carbocycles. The number of carboxylic acid groups (broad SMARTS) is 1. The molecule has 118 valence electrons. The predicted molar refractivity (Wildman–Crippen MR) is 74.4 cm³/mol. The molecule has 1 heterocycles. The number of amides is 1. The SMILES string of the molecule is CCC(C)C(NC(=O)c1ccc(CSC(F)F)o1)C(=O)O. The van der Waals surface area contributed by atoms with E-state index in [4.69, 9.17) is 9.52 Å². The third kappa shape index (κ3) is 5.37. The zero-order valence-corrected chi connectivity index (χ0v) is 12.5. The predicted octanol–water partition coefficient (Wildman–Crippen LogP) is 2.96. The van der Waals surface area contributed by atoms with E-state index in [2.05, 4.69) is 5.32 Å². The summed E-state index contributed by atoms with van der Waals surface area (Å²) in [5.41, 5.74) is 0. The number of thioether (sulfide) groups is 1. The van der Waals surface area contributed by atoms with Crippen LogP contribution < -0.4 is 5.32 Å². The average Bonchev–Trinajstić information content (AvgIpc) is 2.90. The number of hydrogen-bond acceptors (Lipinski definition) is 4. The summed E-state index contributed by atoms with van der Waals surface area (Å²) in [4.78, 5) is 23.0. The topological polar surface area (TPSA) is 79.5 Å². The molecule has 1 aromatic rings. The monoisotopic (exact) mass is 321 g/mol. The van der Waals surface area contributed by atoms with Gasteiger partial charge in [-0.25, -0.2) is 4.79 Å². The number of furan rings is 1. The van der Waals surface area contributed by atoms with Crippen LogP contribution in [0.4, 0.5) is 8.78 Å². The summed E-state index contributed by atoms with van der Waals surface area (Å²) in [6, 6.07) is 1.74. The van der Waals surface area contributed by atoms with Gasteiger partial charge in [0.25, 0.3) is 11.7 Å². The minimum absolute atomic E-state index is 0.0569. The fourth-order valence-electron chi connectivity index (χ4n) is 1.62. The Labute approximate surface area is 125 Å². The molecule has 0 bridgehead atoms. The van der Waals surface area contributed by atoms with E-state index in [1.807, 2.05) is 6.92 Å². The molecule has 0 spiro atoms. The van der Waals surface area contributed by atoms with Crippen LogP contribution in [0.5, 0.6) is 0 Å². The summed E-state index contributed by atoms with van der Waals surface area (Å²) in [5.74, 6) is -4.47. The van der Waals surface area contributed by atoms with E-state index < -0.39 is 23.7 Å². The van der Waals surface area contributed by atoms with E-state index in [1.165, 1.54) is 12.1 Å². The van der Waals surface area contributed by atoms with E-state index in [0.29, 0.717) is 18.2 Å². The Morgan fingerprint density at radius 2 is 2.10 bits per heavy atom. The third-order valence-corrected chi connectivity index (χ3v) is 3.71. The molecule has 0 saturated heterocycles. The van der Waals surface area contributed by atoms with Crippen LogP contribution in [0, 0.1) is 5.92 Å². The van der Waals surface area contributed by atoms with Crippen molar-refractivity contribution in [3.8, 4) is 0 Å². The number of hydrogen-bond donors (Lipinski definition) is 2. The van der Waals surface area contributed by atoms with Crippen molar-refractivity contribution in [3.63, 3.8) is 0 Å². The van der Waals surface area contributed by atoms with Crippen LogP contribution in [0.25, 0.3) is 0 Å². The van der Waals surface area contributed by atoms with Crippen molar-refractivity contribution < 1.29 is 27.9 Å². The molecule has 1 amide bonds. The van der Waals surface area contributed by atoms with Crippen LogP contribution in [0.3, 0.4) is 0 Å². The maximum Gasteiger partial charge on any atom is 0.326 e. The molecule has 21 heavy (non-hydrogen) atoms. The average molecular weight is 321 g/mol. The van der Waals surface area contributed by atoms with Gasteiger partial charge in [0.15, 0.2) is 5.76 Å². The van der Waals surface area contributed by atoms with Crippen molar-refractivity contribution in [1.29, 1.82) is 0 Å². The second-order valence-electron chi connectivity index (χ2n) is 4.51. The van der Waals surface area contributed by atoms with Gasteiger partial charge in [0.2, 0.25) is 0 Å². The highest BCUT2D eigenvalue weighted by Crippen LogP contribution is 2.21. The molecule has 0 aromatic carbocycles. The summed E-state index contributed by atoms with van der Waals surface area (Å²) in [5, 5.41) is 11.5. The fourth-order valence-corrected chi connectivity index (χ4v) is 2.06. The molecule has 0 saturated carbocycles. The molecule has 0 aliphatic rings. The van der Waals surface area contributed by atoms with Gasteiger partial charge in [0, 0.05) is 0 Å². The molecule has 1 rings (SSSR count). The Hall–Kier alpha value is -1.57. The number of aliphatic carboxylic acids is 1. The number of halogens is 2. The van der Waals surface area contributed by atoms with Gasteiger partial charge in [0.05, 0.1) is 5.75 Å². The zero-order valence-electron chi connectivity index (χ0n) is 11.6. The molecule has 5 nitrogen and oxygen atoms in total. The lowest BCUT2D eigenvalue weighted by molar-refractivity contribution is -0.140. The maximum atomic E-state index is 12.1. The van der Waals surface area contributed by atoms with Crippen LogP contribution in [-0.4, -0.2) is 28.8 Å². The number of carbonyl (C=O) groups excluding carboxylic acids is 1. The highest BCUT2D eigenvalue weighted by atomic mass is 32.2. The Morgan fingerprint density at radius 3 is 2.62 bits per heavy atom. The molecule has 0 aliphatic heterocycles. The van der Waals surface area contributed by atoms with Gasteiger partial charge in [-0.15, -0.1) is 0 Å². The molecule has 1 aromatic heterocycles. The maximum absolute atomic E-state index is 12.1. The van der Waals surface area contributed by atoms with Gasteiger partial charge in [-0.3, -0.25) is 4.79 Å². The summed E-state index contributed by atoms with van der Waals surface area (Å²) < 4.78 is 29.2. The lowest BCUT2D eigenvalue weighted by atomic mass is 9.99. The quantitative estimate of drug-likeness (QED) is 0.769. The van der Waals surface area contributed by atoms with Gasteiger partial charge < -0.3 is 14.8 Å². The standard InChI is InChI=1S/C13H17F2NO4S/c1-3-7(2)10(12(18)19)16-11(17)9-5-4-8(20-9)6-21-13(14)15/h4-5,7,10,13H,3,6H2,1-2H3,(H,16,17)(H,18,19). The molecule has 0 fully saturated rings. The first-order chi connectivity index (χ1) is 9.85. The molecular formula is C13H17F2NO4S. The van der Waals surface area contributed by atoms with Gasteiger partial charge in [-0.2, -0.15) is 8.78 Å². The second kappa shape index (κ2) is 8.02. The van der Waals surface area contributed by atoms with Crippen molar-refractivity contribution in [2.45, 2.75) is 37.8 Å². The largest absolute Gasteiger partial charge is 0.480 e. The first-order valence-electron chi connectivity index (χ1n) is 6.37. The molecule has 0 radical (unpaired) electrons. The van der Waals surface area contributed by atoms with E-state index >= 15 is 0 Å². The highest BCUT2D eigenvalue weighted by Gasteiger charge is 2.26. The molecule has 2 unspecified atom stereocenters. The normalized spacial score (nSPS) is 14.0. The zero-order chi connectivity index (χ0) is 16.0. The number of rotatable bonds is 8. The van der Waals surface area contributed by atoms with Crippen LogP contribution in [0.1, 0.15) is 36.6 Å². The van der Waals surface area contributed by atoms with E-state index in [0.717, 1.165) is 0 Å². The highest BCUT2D eigenvalue weighted by molar-refractivity contribution is 7.98. The minimum atomic E-state index is -2.52. The fraction of sp³-hybridized carbons (Fsp3) is 0.538. The number of alkyl halides is 2. The summed E-state index contributed by atoms with van der Waals surface area (Å²) in [7, 11) is 0. The van der Waals surface area contributed by atoms with E-state index in [-0.39, 0.29) is 23.2 Å². The Bertz CT molecular complexity index is 492. The van der Waals surface area contributed by atoms with Crippen LogP contribution in [0.15, 0.2) is 16.5 Å². The Morgan fingerprint density at radius 1 is 1.43 bits per heavy atom. The Balaban J connectivity index is 2.68. The Kier molecular flexibility index (Phi) is 6.67. The van der Waals surface area contributed by atoms with Gasteiger partial charge >= 0.3 is 5.97 Å². The van der Waals surface area contributed by atoms with Gasteiger partial charge in [-0.05, 0) is 18.1 Å². The smallest absolute Gasteiger partial charge is 0.326 e. The van der Waals surface area contributed by atoms with Crippen LogP contribution in [0.2, 0.25) is 0 Å². The van der Waals surface area contributed by atoms with Crippen molar-refractivity contribution in [1.82, 2.24) is 5.32 Å². The van der Waals surface area contributed by atoms with Crippen molar-refractivity contribution in [3.05, 3.63) is 23.7 Å². The van der Waals surface area contributed by atoms with Gasteiger partial charge in [0.1, 0.15) is 11.8 Å². The first-order valence-corrected chi connectivity index (χ1v) is 7.42. The van der Waals surface area contributed by atoms with Crippen molar-refractivity contribution >= 4 is 23.6 Å². The van der Waals surface area contributed by atoms with Crippen molar-refractivity contribution in [2.24, 2.45) is 5.92 Å². The summed E-state index contributed by atoms with van der Waals surface area (Å²) in [6.07, 6.45) is 0.589. The number of carboxylic acids is 1. The number of carbonyl (C=O) groups is 2. The first kappa shape index (κ1) is 17.5. The van der Waals surface area contributed by atoms with Crippen LogP contribution in [-0.2, 0) is 10.5 Å². The number of nitrogens with one attached hydrogen (secondary N) is 1. The molecule has 2 atom stereocenters. The molecule has 2 N–H and O–H groups in total. The van der Waals surface area contributed by atoms with Crippen molar-refractivity contribution in [2.75, 3.05) is 0 Å². The van der Waals surface area contributed by atoms with Crippen LogP contribution >= 0.6 is 11.8 Å². The van der Waals surface area contributed by atoms with Gasteiger partial charge in [-0.1, -0.05) is 32.0 Å². The van der Waals surface area contributed by atoms with E-state index in [9.17, 15) is 18.4 Å². The lowest BCUT2D eigenvalue weighted by Crippen LogP contribution is -2.44. The van der Waals surface area contributed by atoms with E-state index in [1.54, 1.807) is 6.92 Å².